The highest BCUT2D eigenvalue weighted by molar-refractivity contribution is 7.87. The number of fused-ring (bicyclic) bond motifs is 1. The summed E-state index contributed by atoms with van der Waals surface area (Å²) in [5, 5.41) is 1.33. The van der Waals surface area contributed by atoms with Crippen molar-refractivity contribution in [1.29, 1.82) is 0 Å². The Morgan fingerprint density at radius 2 is 1.33 bits per heavy atom. The van der Waals surface area contributed by atoms with Gasteiger partial charge in [0.05, 0.1) is 4.90 Å². The summed E-state index contributed by atoms with van der Waals surface area (Å²) in [6.07, 6.45) is 0. The Kier molecular flexibility index (Phi) is 4.24. The summed E-state index contributed by atoms with van der Waals surface area (Å²) in [6, 6.07) is 2.41. The molecule has 14 heteroatoms. The molecule has 2 aromatic carbocycles. The lowest BCUT2D eigenvalue weighted by Crippen LogP contribution is -2.07. The lowest BCUT2D eigenvalue weighted by atomic mass is 10.1. The van der Waals surface area contributed by atoms with Gasteiger partial charge in [0.25, 0.3) is 30.4 Å². The van der Waals surface area contributed by atoms with Crippen molar-refractivity contribution in [2.24, 2.45) is 5.11 Å². The Hall–Kier alpha value is -1.97. The van der Waals surface area contributed by atoms with Gasteiger partial charge in [0, 0.05) is 16.5 Å². The molecule has 0 saturated carbocycles. The van der Waals surface area contributed by atoms with Crippen LogP contribution >= 0.6 is 0 Å². The molecule has 0 aliphatic heterocycles. The van der Waals surface area contributed by atoms with Crippen molar-refractivity contribution >= 4 is 46.8 Å². The fourth-order valence-electron chi connectivity index (χ4n) is 2.04. The average molecular weight is 395 g/mol. The molecular formula is C10H7N2O9S3-. The van der Waals surface area contributed by atoms with Crippen LogP contribution in [0.25, 0.3) is 16.3 Å². The third kappa shape index (κ3) is 3.28. The topological polar surface area (TPSA) is 198 Å². The van der Waals surface area contributed by atoms with Crippen molar-refractivity contribution < 1.29 is 38.9 Å². The first-order valence-corrected chi connectivity index (χ1v) is 9.97. The molecule has 0 aromatic heterocycles. The normalized spacial score (nSPS) is 13.1. The molecule has 3 N–H and O–H groups in total. The maximum Gasteiger partial charge on any atom is 0.295 e. The highest BCUT2D eigenvalue weighted by Crippen LogP contribution is 2.37. The van der Waals surface area contributed by atoms with Crippen LogP contribution in [0.5, 0.6) is 0 Å². The van der Waals surface area contributed by atoms with Gasteiger partial charge in [0.15, 0.2) is 0 Å². The predicted octanol–water partition coefficient (Wildman–Crippen LogP) is 1.23. The second kappa shape index (κ2) is 5.54. The van der Waals surface area contributed by atoms with Crippen LogP contribution in [0.1, 0.15) is 0 Å². The minimum Gasteiger partial charge on any atom is -0.706 e. The minimum absolute atomic E-state index is 0.343. The van der Waals surface area contributed by atoms with Crippen LogP contribution in [0, 0.1) is 0 Å². The zero-order chi connectivity index (χ0) is 18.5. The van der Waals surface area contributed by atoms with E-state index in [0.717, 1.165) is 6.07 Å². The van der Waals surface area contributed by atoms with Crippen molar-refractivity contribution in [2.75, 3.05) is 0 Å². The van der Waals surface area contributed by atoms with Gasteiger partial charge in [-0.25, -0.2) is 0 Å². The molecule has 11 nitrogen and oxygen atoms in total. The minimum atomic E-state index is -5.13. The smallest absolute Gasteiger partial charge is 0.295 e. The summed E-state index contributed by atoms with van der Waals surface area (Å²) in [7, 11) is -15.1. The molecule has 0 aliphatic carbocycles. The van der Waals surface area contributed by atoms with E-state index < -0.39 is 61.5 Å². The van der Waals surface area contributed by atoms with Crippen LogP contribution in [-0.2, 0) is 30.4 Å². The summed E-state index contributed by atoms with van der Waals surface area (Å²) < 4.78 is 95.9. The van der Waals surface area contributed by atoms with E-state index in [1.54, 1.807) is 0 Å². The first-order valence-electron chi connectivity index (χ1n) is 5.65. The zero-order valence-corrected chi connectivity index (χ0v) is 13.7. The third-order valence-corrected chi connectivity index (χ3v) is 5.57. The van der Waals surface area contributed by atoms with E-state index in [2.05, 4.69) is 5.11 Å². The largest absolute Gasteiger partial charge is 0.706 e. The van der Waals surface area contributed by atoms with Gasteiger partial charge in [-0.15, -0.1) is 0 Å². The van der Waals surface area contributed by atoms with E-state index in [1.165, 1.54) is 0 Å². The Bertz CT molecular complexity index is 1180. The Morgan fingerprint density at radius 1 is 0.792 bits per heavy atom. The maximum atomic E-state index is 11.5. The van der Waals surface area contributed by atoms with Gasteiger partial charge in [0.2, 0.25) is 0 Å². The molecule has 0 fully saturated rings. The van der Waals surface area contributed by atoms with Crippen LogP contribution in [0.2, 0.25) is 0 Å². The highest BCUT2D eigenvalue weighted by atomic mass is 32.2. The number of rotatable bonds is 4. The van der Waals surface area contributed by atoms with Crippen LogP contribution in [0.4, 0.5) is 5.69 Å². The first-order chi connectivity index (χ1) is 10.8. The fourth-order valence-corrected chi connectivity index (χ4v) is 4.07. The molecule has 0 saturated heterocycles. The predicted molar refractivity (Wildman–Crippen MR) is 78.8 cm³/mol. The van der Waals surface area contributed by atoms with Crippen LogP contribution in [-0.4, -0.2) is 38.9 Å². The summed E-state index contributed by atoms with van der Waals surface area (Å²) in [5.74, 6) is 0. The Balaban J connectivity index is 3.29. The standard InChI is InChI=1S/C10H7N2O9S3/c11-12-7-1-2-8(23(16,17)18)6-3-5(22(13,14)15)4-9(10(6)7)24(19,20)21/h1-4H,(H,13,14,15)(H,16,17,18)(H,19,20,21)/q-1. The molecule has 24 heavy (non-hydrogen) atoms. The molecule has 0 spiro atoms. The molecule has 0 radical (unpaired) electrons. The van der Waals surface area contributed by atoms with Gasteiger partial charge in [-0.1, -0.05) is 0 Å². The van der Waals surface area contributed by atoms with Crippen LogP contribution in [0.3, 0.4) is 0 Å². The van der Waals surface area contributed by atoms with Crippen LogP contribution < -0.4 is 0 Å². The number of hydrogen-bond donors (Lipinski definition) is 3. The highest BCUT2D eigenvalue weighted by Gasteiger charge is 2.25. The molecule has 2 rings (SSSR count). The van der Waals surface area contributed by atoms with Gasteiger partial charge in [-0.05, 0) is 24.3 Å². The van der Waals surface area contributed by atoms with Crippen molar-refractivity contribution in [1.82, 2.24) is 0 Å². The lowest BCUT2D eigenvalue weighted by Gasteiger charge is -2.13. The zero-order valence-electron chi connectivity index (χ0n) is 11.2. The Labute approximate surface area is 135 Å². The van der Waals surface area contributed by atoms with E-state index >= 15 is 0 Å². The second-order valence-corrected chi connectivity index (χ2v) is 8.65. The van der Waals surface area contributed by atoms with E-state index in [-0.39, 0.29) is 0 Å². The summed E-state index contributed by atoms with van der Waals surface area (Å²) in [5.41, 5.74) is 8.38. The van der Waals surface area contributed by atoms with Crippen molar-refractivity contribution in [2.45, 2.75) is 14.7 Å². The number of hydrogen-bond acceptors (Lipinski definition) is 7. The summed E-state index contributed by atoms with van der Waals surface area (Å²) in [6.45, 7) is 0. The Morgan fingerprint density at radius 3 is 1.75 bits per heavy atom. The number of nitrogens with zero attached hydrogens (tertiary/aromatic N) is 2. The monoisotopic (exact) mass is 395 g/mol. The van der Waals surface area contributed by atoms with Gasteiger partial charge in [0.1, 0.15) is 9.79 Å². The fraction of sp³-hybridized carbons (Fsp3) is 0. The molecule has 0 atom stereocenters. The first kappa shape index (κ1) is 18.4. The van der Waals surface area contributed by atoms with Gasteiger partial charge in [-0.2, -0.15) is 25.3 Å². The molecule has 130 valence electrons. The SMILES string of the molecule is [N-]=Nc1ccc(S(=O)(=O)O)c2cc(S(=O)(=O)O)cc(S(=O)(=O)O)c12. The van der Waals surface area contributed by atoms with Crippen LogP contribution in [0.15, 0.2) is 44.1 Å². The summed E-state index contributed by atoms with van der Waals surface area (Å²) >= 11 is 0. The van der Waals surface area contributed by atoms with E-state index in [4.69, 9.17) is 10.1 Å². The van der Waals surface area contributed by atoms with E-state index in [1.807, 2.05) is 0 Å². The molecule has 0 unspecified atom stereocenters. The van der Waals surface area contributed by atoms with Gasteiger partial charge in [-0.3, -0.25) is 13.7 Å². The molecule has 0 aliphatic rings. The van der Waals surface area contributed by atoms with E-state index in [0.29, 0.717) is 18.2 Å². The van der Waals surface area contributed by atoms with E-state index in [9.17, 15) is 34.4 Å². The second-order valence-electron chi connectivity index (χ2n) is 4.45. The molecule has 0 amide bonds. The van der Waals surface area contributed by atoms with Gasteiger partial charge >= 0.3 is 0 Å². The summed E-state index contributed by atoms with van der Waals surface area (Å²) in [4.78, 5) is -3.14. The van der Waals surface area contributed by atoms with Crippen molar-refractivity contribution in [3.63, 3.8) is 0 Å². The average Bonchev–Trinajstić information content (AvgIpc) is 2.41. The number of benzene rings is 2. The van der Waals surface area contributed by atoms with Gasteiger partial charge < -0.3 is 10.6 Å². The maximum absolute atomic E-state index is 11.5. The lowest BCUT2D eigenvalue weighted by molar-refractivity contribution is 0.478. The molecule has 0 heterocycles. The van der Waals surface area contributed by atoms with Crippen molar-refractivity contribution in [3.05, 3.63) is 29.8 Å². The molecule has 0 bridgehead atoms. The quantitative estimate of drug-likeness (QED) is 0.503. The molecule has 2 aromatic rings. The van der Waals surface area contributed by atoms with Crippen molar-refractivity contribution in [3.8, 4) is 0 Å². The third-order valence-electron chi connectivity index (χ3n) is 2.95. The molecular weight excluding hydrogens is 388 g/mol.